The molecule has 9 heteroatoms. The third-order valence-corrected chi connectivity index (χ3v) is 5.77. The van der Waals surface area contributed by atoms with E-state index in [2.05, 4.69) is 14.7 Å². The molecule has 0 spiro atoms. The first-order valence-corrected chi connectivity index (χ1v) is 8.70. The number of aromatic nitrogens is 2. The van der Waals surface area contributed by atoms with Crippen LogP contribution in [-0.2, 0) is 10.0 Å². The summed E-state index contributed by atoms with van der Waals surface area (Å²) in [5.74, 6) is 0. The normalized spacial score (nSPS) is 11.7. The fourth-order valence-electron chi connectivity index (χ4n) is 1.75. The van der Waals surface area contributed by atoms with Gasteiger partial charge in [-0.15, -0.1) is 11.3 Å². The van der Waals surface area contributed by atoms with Gasteiger partial charge in [0.2, 0.25) is 0 Å². The summed E-state index contributed by atoms with van der Waals surface area (Å²) >= 11 is 12.7. The van der Waals surface area contributed by atoms with Crippen molar-refractivity contribution in [3.05, 3.63) is 45.3 Å². The minimum absolute atomic E-state index is 0.0431. The maximum Gasteiger partial charge on any atom is 0.264 e. The van der Waals surface area contributed by atoms with Crippen LogP contribution in [0.2, 0.25) is 8.67 Å². The van der Waals surface area contributed by atoms with Crippen molar-refractivity contribution in [2.75, 3.05) is 4.72 Å². The molecule has 108 valence electrons. The summed E-state index contributed by atoms with van der Waals surface area (Å²) in [5, 5.41) is 0. The molecule has 0 aliphatic heterocycles. The predicted octanol–water partition coefficient (Wildman–Crippen LogP) is 3.80. The summed E-state index contributed by atoms with van der Waals surface area (Å²) in [6.07, 6.45) is 3.11. The Morgan fingerprint density at radius 2 is 1.76 bits per heavy atom. The van der Waals surface area contributed by atoms with Crippen molar-refractivity contribution < 1.29 is 8.42 Å². The molecule has 0 radical (unpaired) electrons. The summed E-state index contributed by atoms with van der Waals surface area (Å²) in [6.45, 7) is 0. The zero-order valence-electron chi connectivity index (χ0n) is 10.2. The van der Waals surface area contributed by atoms with Crippen LogP contribution in [0.4, 0.5) is 5.69 Å². The number of sulfonamides is 1. The van der Waals surface area contributed by atoms with E-state index in [1.165, 1.54) is 12.3 Å². The highest BCUT2D eigenvalue weighted by molar-refractivity contribution is 7.93. The molecule has 3 rings (SSSR count). The smallest absolute Gasteiger partial charge is 0.264 e. The number of hydrogen-bond donors (Lipinski definition) is 1. The van der Waals surface area contributed by atoms with Gasteiger partial charge in [0.15, 0.2) is 0 Å². The van der Waals surface area contributed by atoms with Crippen LogP contribution in [-0.4, -0.2) is 18.4 Å². The Hall–Kier alpha value is -1.41. The van der Waals surface area contributed by atoms with Crippen LogP contribution in [0.5, 0.6) is 0 Å². The molecule has 0 unspecified atom stereocenters. The van der Waals surface area contributed by atoms with E-state index in [0.717, 1.165) is 11.3 Å². The van der Waals surface area contributed by atoms with Gasteiger partial charge in [0.1, 0.15) is 9.23 Å². The van der Waals surface area contributed by atoms with E-state index >= 15 is 0 Å². The van der Waals surface area contributed by atoms with Crippen LogP contribution >= 0.6 is 34.5 Å². The fraction of sp³-hybridized carbons (Fsp3) is 0. The topological polar surface area (TPSA) is 72.0 Å². The highest BCUT2D eigenvalue weighted by Gasteiger charge is 2.21. The Balaban J connectivity index is 1.99. The van der Waals surface area contributed by atoms with Crippen LogP contribution in [0.3, 0.4) is 0 Å². The fourth-order valence-corrected chi connectivity index (χ4v) is 4.95. The Bertz CT molecular complexity index is 925. The average Bonchev–Trinajstić information content (AvgIpc) is 2.78. The molecule has 1 aromatic carbocycles. The van der Waals surface area contributed by atoms with Gasteiger partial charge in [0.25, 0.3) is 10.0 Å². The molecule has 0 aliphatic rings. The Morgan fingerprint density at radius 3 is 2.43 bits per heavy atom. The quantitative estimate of drug-likeness (QED) is 0.771. The van der Waals surface area contributed by atoms with Gasteiger partial charge < -0.3 is 0 Å². The minimum atomic E-state index is -3.80. The molecule has 0 saturated heterocycles. The molecule has 5 nitrogen and oxygen atoms in total. The summed E-state index contributed by atoms with van der Waals surface area (Å²) in [6, 6.07) is 6.21. The maximum atomic E-state index is 12.3. The number of thiophene rings is 1. The van der Waals surface area contributed by atoms with Crippen molar-refractivity contribution in [1.29, 1.82) is 0 Å². The Kier molecular flexibility index (Phi) is 3.75. The highest BCUT2D eigenvalue weighted by Crippen LogP contribution is 2.35. The number of nitrogens with one attached hydrogen (secondary N) is 1. The molecular weight excluding hydrogens is 353 g/mol. The maximum absolute atomic E-state index is 12.3. The highest BCUT2D eigenvalue weighted by atomic mass is 35.5. The molecular formula is C12H7Cl2N3O2S2. The van der Waals surface area contributed by atoms with Crippen molar-refractivity contribution in [3.8, 4) is 0 Å². The van der Waals surface area contributed by atoms with Crippen molar-refractivity contribution in [2.24, 2.45) is 0 Å². The van der Waals surface area contributed by atoms with Crippen LogP contribution in [0.15, 0.2) is 41.6 Å². The van der Waals surface area contributed by atoms with Gasteiger partial charge in [-0.1, -0.05) is 23.2 Å². The second-order valence-electron chi connectivity index (χ2n) is 4.05. The number of hydrogen-bond acceptors (Lipinski definition) is 5. The van der Waals surface area contributed by atoms with Gasteiger partial charge in [-0.05, 0) is 24.3 Å². The zero-order chi connectivity index (χ0) is 15.0. The summed E-state index contributed by atoms with van der Waals surface area (Å²) in [7, 11) is -3.80. The van der Waals surface area contributed by atoms with E-state index < -0.39 is 10.0 Å². The Morgan fingerprint density at radius 1 is 1.05 bits per heavy atom. The summed E-state index contributed by atoms with van der Waals surface area (Å²) < 4.78 is 27.5. The number of fused-ring (bicyclic) bond motifs is 1. The van der Waals surface area contributed by atoms with Gasteiger partial charge in [0, 0.05) is 12.4 Å². The number of nitrogens with zero attached hydrogens (tertiary/aromatic N) is 2. The molecule has 0 saturated carbocycles. The van der Waals surface area contributed by atoms with E-state index in [-0.39, 0.29) is 9.23 Å². The van der Waals surface area contributed by atoms with E-state index in [1.54, 1.807) is 24.4 Å². The van der Waals surface area contributed by atoms with Crippen LogP contribution in [0.1, 0.15) is 0 Å². The third-order valence-electron chi connectivity index (χ3n) is 2.64. The lowest BCUT2D eigenvalue weighted by Crippen LogP contribution is -2.12. The molecule has 21 heavy (non-hydrogen) atoms. The van der Waals surface area contributed by atoms with E-state index in [1.807, 2.05) is 0 Å². The molecule has 0 atom stereocenters. The van der Waals surface area contributed by atoms with Gasteiger partial charge in [0.05, 0.1) is 21.1 Å². The predicted molar refractivity (Wildman–Crippen MR) is 84.7 cm³/mol. The van der Waals surface area contributed by atoms with Crippen molar-refractivity contribution in [3.63, 3.8) is 0 Å². The van der Waals surface area contributed by atoms with E-state index in [4.69, 9.17) is 23.2 Å². The molecule has 0 fully saturated rings. The minimum Gasteiger partial charge on any atom is -0.279 e. The van der Waals surface area contributed by atoms with Gasteiger partial charge in [-0.3, -0.25) is 14.7 Å². The van der Waals surface area contributed by atoms with Crippen LogP contribution in [0.25, 0.3) is 11.0 Å². The first-order valence-electron chi connectivity index (χ1n) is 5.64. The second-order valence-corrected chi connectivity index (χ2v) is 7.99. The summed E-state index contributed by atoms with van der Waals surface area (Å²) in [5.41, 5.74) is 1.64. The first kappa shape index (κ1) is 14.5. The number of anilines is 1. The number of benzene rings is 1. The van der Waals surface area contributed by atoms with Crippen molar-refractivity contribution in [2.45, 2.75) is 4.90 Å². The number of halogens is 2. The Labute approximate surface area is 134 Å². The molecule has 0 bridgehead atoms. The molecule has 2 aromatic heterocycles. The largest absolute Gasteiger partial charge is 0.279 e. The van der Waals surface area contributed by atoms with Crippen LogP contribution in [0, 0.1) is 0 Å². The lowest BCUT2D eigenvalue weighted by Gasteiger charge is -2.07. The molecule has 0 aliphatic carbocycles. The molecule has 1 N–H and O–H groups in total. The van der Waals surface area contributed by atoms with Gasteiger partial charge in [-0.2, -0.15) is 0 Å². The average molecular weight is 360 g/mol. The third kappa shape index (κ3) is 2.96. The number of rotatable bonds is 3. The van der Waals surface area contributed by atoms with Gasteiger partial charge in [-0.25, -0.2) is 8.42 Å². The monoisotopic (exact) mass is 359 g/mol. The first-order chi connectivity index (χ1) is 9.95. The van der Waals surface area contributed by atoms with Crippen molar-refractivity contribution in [1.82, 2.24) is 9.97 Å². The summed E-state index contributed by atoms with van der Waals surface area (Å²) in [4.78, 5) is 8.20. The lowest BCUT2D eigenvalue weighted by molar-refractivity contribution is 0.601. The SMILES string of the molecule is O=S(=O)(Nc1ccc2nccnc2c1)c1cc(Cl)sc1Cl. The van der Waals surface area contributed by atoms with E-state index in [9.17, 15) is 8.42 Å². The van der Waals surface area contributed by atoms with Crippen LogP contribution < -0.4 is 4.72 Å². The lowest BCUT2D eigenvalue weighted by atomic mass is 10.3. The molecule has 2 heterocycles. The second kappa shape index (κ2) is 5.42. The standard InChI is InChI=1S/C12H7Cl2N3O2S2/c13-11-6-10(12(14)20-11)21(18,19)17-7-1-2-8-9(5-7)16-4-3-15-8/h1-6,17H. The van der Waals surface area contributed by atoms with Gasteiger partial charge >= 0.3 is 0 Å². The van der Waals surface area contributed by atoms with E-state index in [0.29, 0.717) is 21.1 Å². The molecule has 3 aromatic rings. The van der Waals surface area contributed by atoms with Crippen molar-refractivity contribution >= 4 is 61.3 Å². The molecule has 0 amide bonds. The zero-order valence-corrected chi connectivity index (χ0v) is 13.4.